The molecule has 162 valence electrons. The van der Waals surface area contributed by atoms with Gasteiger partial charge in [-0.05, 0) is 61.2 Å². The van der Waals surface area contributed by atoms with E-state index in [9.17, 15) is 4.79 Å². The lowest BCUT2D eigenvalue weighted by Crippen LogP contribution is -2.14. The van der Waals surface area contributed by atoms with E-state index >= 15 is 0 Å². The van der Waals surface area contributed by atoms with Crippen molar-refractivity contribution in [3.8, 4) is 17.1 Å². The van der Waals surface area contributed by atoms with Crippen LogP contribution in [0, 0.1) is 13.8 Å². The molecule has 0 bridgehead atoms. The Morgan fingerprint density at radius 2 is 1.69 bits per heavy atom. The van der Waals surface area contributed by atoms with Gasteiger partial charge in [-0.15, -0.1) is 10.2 Å². The summed E-state index contributed by atoms with van der Waals surface area (Å²) in [4.78, 5) is 12.6. The molecule has 0 atom stereocenters. The summed E-state index contributed by atoms with van der Waals surface area (Å²) < 4.78 is 2.02. The summed E-state index contributed by atoms with van der Waals surface area (Å²) in [6.07, 6.45) is 0.974. The van der Waals surface area contributed by atoms with Gasteiger partial charge in [0.1, 0.15) is 0 Å². The average molecular weight is 443 g/mol. The van der Waals surface area contributed by atoms with Crippen molar-refractivity contribution in [3.63, 3.8) is 0 Å². The minimum Gasteiger partial charge on any atom is -0.325 e. The number of rotatable bonds is 7. The third-order valence-electron chi connectivity index (χ3n) is 5.39. The molecule has 0 fully saturated rings. The van der Waals surface area contributed by atoms with Crippen LogP contribution in [0.4, 0.5) is 5.69 Å². The Hall–Kier alpha value is -3.38. The number of anilines is 1. The molecule has 0 radical (unpaired) electrons. The number of benzene rings is 3. The van der Waals surface area contributed by atoms with Crippen molar-refractivity contribution in [2.24, 2.45) is 0 Å². The van der Waals surface area contributed by atoms with Gasteiger partial charge in [-0.1, -0.05) is 67.2 Å². The zero-order valence-electron chi connectivity index (χ0n) is 18.5. The SMILES string of the molecule is CCc1ccc(NC(=O)CSc2nnc(-c3ccccc3)n2-c2ccc(C)c(C)c2)cc1. The Labute approximate surface area is 192 Å². The van der Waals surface area contributed by atoms with Gasteiger partial charge in [-0.3, -0.25) is 9.36 Å². The number of thioether (sulfide) groups is 1. The van der Waals surface area contributed by atoms with Crippen LogP contribution < -0.4 is 5.32 Å². The lowest BCUT2D eigenvalue weighted by molar-refractivity contribution is -0.113. The highest BCUT2D eigenvalue weighted by Gasteiger charge is 2.17. The van der Waals surface area contributed by atoms with Gasteiger partial charge in [0, 0.05) is 11.3 Å². The number of amides is 1. The van der Waals surface area contributed by atoms with Gasteiger partial charge >= 0.3 is 0 Å². The monoisotopic (exact) mass is 442 g/mol. The van der Waals surface area contributed by atoms with Crippen LogP contribution in [0.1, 0.15) is 23.6 Å². The van der Waals surface area contributed by atoms with Gasteiger partial charge in [0.2, 0.25) is 5.91 Å². The van der Waals surface area contributed by atoms with Crippen LogP contribution in [-0.2, 0) is 11.2 Å². The highest BCUT2D eigenvalue weighted by Crippen LogP contribution is 2.29. The van der Waals surface area contributed by atoms with E-state index in [4.69, 9.17) is 0 Å². The van der Waals surface area contributed by atoms with E-state index in [1.54, 1.807) is 0 Å². The third-order valence-corrected chi connectivity index (χ3v) is 6.32. The Bertz CT molecular complexity index is 1220. The molecule has 6 heteroatoms. The molecule has 4 aromatic rings. The molecule has 0 spiro atoms. The van der Waals surface area contributed by atoms with Gasteiger partial charge in [0.15, 0.2) is 11.0 Å². The van der Waals surface area contributed by atoms with E-state index in [-0.39, 0.29) is 11.7 Å². The van der Waals surface area contributed by atoms with Crippen LogP contribution in [0.5, 0.6) is 0 Å². The summed E-state index contributed by atoms with van der Waals surface area (Å²) in [6.45, 7) is 6.30. The van der Waals surface area contributed by atoms with Crippen LogP contribution in [0.15, 0.2) is 78.0 Å². The van der Waals surface area contributed by atoms with Gasteiger partial charge in [-0.2, -0.15) is 0 Å². The van der Waals surface area contributed by atoms with E-state index < -0.39 is 0 Å². The molecule has 4 rings (SSSR count). The highest BCUT2D eigenvalue weighted by atomic mass is 32.2. The number of carbonyl (C=O) groups is 1. The van der Waals surface area contributed by atoms with Crippen LogP contribution in [-0.4, -0.2) is 26.4 Å². The number of aryl methyl sites for hydroxylation is 3. The maximum Gasteiger partial charge on any atom is 0.234 e. The quantitative estimate of drug-likeness (QED) is 0.365. The van der Waals surface area contributed by atoms with Crippen LogP contribution in [0.2, 0.25) is 0 Å². The number of carbonyl (C=O) groups excluding carboxylic acids is 1. The van der Waals surface area contributed by atoms with E-state index in [1.807, 2.05) is 59.2 Å². The fourth-order valence-electron chi connectivity index (χ4n) is 3.39. The first-order chi connectivity index (χ1) is 15.5. The van der Waals surface area contributed by atoms with Crippen LogP contribution in [0.25, 0.3) is 17.1 Å². The zero-order chi connectivity index (χ0) is 22.5. The molecule has 0 aliphatic carbocycles. The fourth-order valence-corrected chi connectivity index (χ4v) is 4.14. The molecule has 1 heterocycles. The van der Waals surface area contributed by atoms with Crippen molar-refractivity contribution in [2.45, 2.75) is 32.3 Å². The summed E-state index contributed by atoms with van der Waals surface area (Å²) in [5, 5.41) is 12.5. The van der Waals surface area contributed by atoms with Gasteiger partial charge < -0.3 is 5.32 Å². The fraction of sp³-hybridized carbons (Fsp3) is 0.192. The number of nitrogens with one attached hydrogen (secondary N) is 1. The van der Waals surface area contributed by atoms with Crippen LogP contribution in [0.3, 0.4) is 0 Å². The minimum atomic E-state index is -0.0739. The van der Waals surface area contributed by atoms with E-state index in [0.29, 0.717) is 5.16 Å². The molecule has 0 unspecified atom stereocenters. The average Bonchev–Trinajstić information content (AvgIpc) is 3.24. The first-order valence-electron chi connectivity index (χ1n) is 10.6. The third kappa shape index (κ3) is 4.92. The molecule has 5 nitrogen and oxygen atoms in total. The van der Waals surface area contributed by atoms with Gasteiger partial charge in [0.25, 0.3) is 0 Å². The first kappa shape index (κ1) is 21.8. The minimum absolute atomic E-state index is 0.0739. The Kier molecular flexibility index (Phi) is 6.71. The summed E-state index contributed by atoms with van der Waals surface area (Å²) in [5.41, 5.74) is 6.42. The molecule has 1 amide bonds. The molecule has 1 N–H and O–H groups in total. The first-order valence-corrected chi connectivity index (χ1v) is 11.6. The second kappa shape index (κ2) is 9.83. The van der Waals surface area contributed by atoms with Crippen molar-refractivity contribution in [1.82, 2.24) is 14.8 Å². The molecule has 0 saturated heterocycles. The summed E-state index contributed by atoms with van der Waals surface area (Å²) in [5.74, 6) is 0.926. The van der Waals surface area contributed by atoms with Crippen molar-refractivity contribution >= 4 is 23.4 Å². The molecule has 32 heavy (non-hydrogen) atoms. The van der Waals surface area contributed by atoms with Gasteiger partial charge in [-0.25, -0.2) is 0 Å². The van der Waals surface area contributed by atoms with E-state index in [0.717, 1.165) is 29.2 Å². The van der Waals surface area contributed by atoms with Crippen molar-refractivity contribution in [3.05, 3.63) is 89.5 Å². The standard InChI is InChI=1S/C26H26N4OS/c1-4-20-11-13-22(14-12-20)27-24(31)17-32-26-29-28-25(21-8-6-5-7-9-21)30(26)23-15-10-18(2)19(3)16-23/h5-16H,4,17H2,1-3H3,(H,27,31). The number of hydrogen-bond donors (Lipinski definition) is 1. The molecule has 0 saturated carbocycles. The number of hydrogen-bond acceptors (Lipinski definition) is 4. The predicted molar refractivity (Wildman–Crippen MR) is 131 cm³/mol. The number of aromatic nitrogens is 3. The topological polar surface area (TPSA) is 59.8 Å². The zero-order valence-corrected chi connectivity index (χ0v) is 19.3. The maximum atomic E-state index is 12.6. The summed E-state index contributed by atoms with van der Waals surface area (Å²) >= 11 is 1.38. The molecule has 0 aliphatic heterocycles. The van der Waals surface area contributed by atoms with Crippen molar-refractivity contribution in [2.75, 3.05) is 11.1 Å². The Balaban J connectivity index is 1.58. The molecule has 3 aromatic carbocycles. The smallest absolute Gasteiger partial charge is 0.234 e. The van der Waals surface area contributed by atoms with Gasteiger partial charge in [0.05, 0.1) is 11.4 Å². The maximum absolute atomic E-state index is 12.6. The second-order valence-corrected chi connectivity index (χ2v) is 8.61. The second-order valence-electron chi connectivity index (χ2n) is 7.66. The summed E-state index contributed by atoms with van der Waals surface area (Å²) in [6, 6.07) is 24.2. The van der Waals surface area contributed by atoms with Crippen molar-refractivity contribution < 1.29 is 4.79 Å². The molecule has 1 aromatic heterocycles. The van der Waals surface area contributed by atoms with E-state index in [2.05, 4.69) is 54.5 Å². The largest absolute Gasteiger partial charge is 0.325 e. The Morgan fingerprint density at radius 1 is 0.938 bits per heavy atom. The normalized spacial score (nSPS) is 10.8. The summed E-state index contributed by atoms with van der Waals surface area (Å²) in [7, 11) is 0. The number of nitrogens with zero attached hydrogens (tertiary/aromatic N) is 3. The lowest BCUT2D eigenvalue weighted by atomic mass is 10.1. The molecule has 0 aliphatic rings. The van der Waals surface area contributed by atoms with Crippen LogP contribution >= 0.6 is 11.8 Å². The van der Waals surface area contributed by atoms with Crippen molar-refractivity contribution in [1.29, 1.82) is 0 Å². The Morgan fingerprint density at radius 3 is 2.38 bits per heavy atom. The predicted octanol–water partition coefficient (Wildman–Crippen LogP) is 5.84. The highest BCUT2D eigenvalue weighted by molar-refractivity contribution is 7.99. The molecular formula is C26H26N4OS. The van der Waals surface area contributed by atoms with E-state index in [1.165, 1.54) is 28.5 Å². The molecular weight excluding hydrogens is 416 g/mol. The lowest BCUT2D eigenvalue weighted by Gasteiger charge is -2.12.